The fourth-order valence-corrected chi connectivity index (χ4v) is 2.99. The molecule has 0 spiro atoms. The number of amides is 2. The molecule has 15 heavy (non-hydrogen) atoms. The molecule has 1 aliphatic heterocycles. The summed E-state index contributed by atoms with van der Waals surface area (Å²) in [6.07, 6.45) is 7.48. The van der Waals surface area contributed by atoms with Crippen molar-refractivity contribution in [3.8, 4) is 0 Å². The Bertz CT molecular complexity index is 230. The third kappa shape index (κ3) is 2.27. The SMILES string of the molecule is CCCNC(=O)N1CCC2CCCCC21. The van der Waals surface area contributed by atoms with Crippen LogP contribution in [0.15, 0.2) is 0 Å². The van der Waals surface area contributed by atoms with Crippen LogP contribution >= 0.6 is 0 Å². The molecule has 1 saturated carbocycles. The number of nitrogens with zero attached hydrogens (tertiary/aromatic N) is 1. The molecule has 1 heterocycles. The number of carbonyl (C=O) groups is 1. The second kappa shape index (κ2) is 4.86. The van der Waals surface area contributed by atoms with Gasteiger partial charge in [-0.15, -0.1) is 0 Å². The highest BCUT2D eigenvalue weighted by Gasteiger charge is 2.37. The Morgan fingerprint density at radius 2 is 2.13 bits per heavy atom. The number of fused-ring (bicyclic) bond motifs is 1. The average molecular weight is 210 g/mol. The molecule has 2 fully saturated rings. The van der Waals surface area contributed by atoms with Crippen LogP contribution in [-0.2, 0) is 0 Å². The van der Waals surface area contributed by atoms with Crippen LogP contribution in [0.4, 0.5) is 4.79 Å². The minimum Gasteiger partial charge on any atom is -0.338 e. The molecular formula is C12H22N2O. The van der Waals surface area contributed by atoms with Gasteiger partial charge in [0, 0.05) is 19.1 Å². The molecule has 0 aromatic rings. The summed E-state index contributed by atoms with van der Waals surface area (Å²) in [6, 6.07) is 0.724. The lowest BCUT2D eigenvalue weighted by Crippen LogP contribution is -2.45. The minimum atomic E-state index is 0.172. The number of nitrogens with one attached hydrogen (secondary N) is 1. The van der Waals surface area contributed by atoms with Crippen molar-refractivity contribution in [2.75, 3.05) is 13.1 Å². The Morgan fingerprint density at radius 1 is 1.33 bits per heavy atom. The molecule has 86 valence electrons. The van der Waals surface area contributed by atoms with E-state index in [-0.39, 0.29) is 6.03 Å². The predicted molar refractivity (Wildman–Crippen MR) is 60.8 cm³/mol. The first-order chi connectivity index (χ1) is 7.33. The number of hydrogen-bond acceptors (Lipinski definition) is 1. The molecule has 0 radical (unpaired) electrons. The van der Waals surface area contributed by atoms with Crippen molar-refractivity contribution < 1.29 is 4.79 Å². The average Bonchev–Trinajstić information content (AvgIpc) is 2.69. The predicted octanol–water partition coefficient (Wildman–Crippen LogP) is 2.37. The molecule has 3 nitrogen and oxygen atoms in total. The molecule has 1 saturated heterocycles. The number of likely N-dealkylation sites (tertiary alicyclic amines) is 1. The van der Waals surface area contributed by atoms with Crippen LogP contribution in [0.5, 0.6) is 0 Å². The van der Waals surface area contributed by atoms with E-state index in [1.165, 1.54) is 32.1 Å². The van der Waals surface area contributed by atoms with Gasteiger partial charge in [-0.3, -0.25) is 0 Å². The van der Waals surface area contributed by atoms with Gasteiger partial charge < -0.3 is 10.2 Å². The Balaban J connectivity index is 1.89. The lowest BCUT2D eigenvalue weighted by atomic mass is 9.85. The lowest BCUT2D eigenvalue weighted by molar-refractivity contribution is 0.170. The Labute approximate surface area is 92.2 Å². The molecule has 1 aliphatic carbocycles. The van der Waals surface area contributed by atoms with E-state index in [4.69, 9.17) is 0 Å². The van der Waals surface area contributed by atoms with Crippen LogP contribution < -0.4 is 5.32 Å². The van der Waals surface area contributed by atoms with E-state index in [1.54, 1.807) is 0 Å². The van der Waals surface area contributed by atoms with Crippen molar-refractivity contribution in [1.82, 2.24) is 10.2 Å². The van der Waals surface area contributed by atoms with Crippen LogP contribution in [0, 0.1) is 5.92 Å². The monoisotopic (exact) mass is 210 g/mol. The van der Waals surface area contributed by atoms with Gasteiger partial charge >= 0.3 is 6.03 Å². The first-order valence-corrected chi connectivity index (χ1v) is 6.37. The Kier molecular flexibility index (Phi) is 3.49. The quantitative estimate of drug-likeness (QED) is 0.745. The third-order valence-corrected chi connectivity index (χ3v) is 3.80. The largest absolute Gasteiger partial charge is 0.338 e. The highest BCUT2D eigenvalue weighted by atomic mass is 16.2. The van der Waals surface area contributed by atoms with Crippen LogP contribution in [0.2, 0.25) is 0 Å². The molecule has 0 aromatic heterocycles. The van der Waals surface area contributed by atoms with Crippen molar-refractivity contribution in [1.29, 1.82) is 0 Å². The molecule has 1 N–H and O–H groups in total. The molecule has 0 bridgehead atoms. The van der Waals surface area contributed by atoms with Crippen molar-refractivity contribution in [3.63, 3.8) is 0 Å². The summed E-state index contributed by atoms with van der Waals surface area (Å²) < 4.78 is 0. The van der Waals surface area contributed by atoms with Gasteiger partial charge in [-0.25, -0.2) is 4.79 Å². The van der Waals surface area contributed by atoms with E-state index < -0.39 is 0 Å². The zero-order chi connectivity index (χ0) is 10.7. The summed E-state index contributed by atoms with van der Waals surface area (Å²) in [6.45, 7) is 3.88. The smallest absolute Gasteiger partial charge is 0.317 e. The molecule has 2 amide bonds. The standard InChI is InChI=1S/C12H22N2O/c1-2-8-13-12(15)14-9-7-10-5-3-4-6-11(10)14/h10-11H,2-9H2,1H3,(H,13,15). The first-order valence-electron chi connectivity index (χ1n) is 6.37. The van der Waals surface area contributed by atoms with Crippen LogP contribution in [0.25, 0.3) is 0 Å². The highest BCUT2D eigenvalue weighted by Crippen LogP contribution is 2.35. The minimum absolute atomic E-state index is 0.172. The Hall–Kier alpha value is -0.730. The van der Waals surface area contributed by atoms with Crippen molar-refractivity contribution in [3.05, 3.63) is 0 Å². The van der Waals surface area contributed by atoms with Gasteiger partial charge in [0.25, 0.3) is 0 Å². The molecule has 3 heteroatoms. The molecule has 2 aliphatic rings. The zero-order valence-electron chi connectivity index (χ0n) is 9.67. The van der Waals surface area contributed by atoms with Crippen molar-refractivity contribution in [2.24, 2.45) is 5.92 Å². The van der Waals surface area contributed by atoms with Crippen molar-refractivity contribution >= 4 is 6.03 Å². The van der Waals surface area contributed by atoms with E-state index in [0.29, 0.717) is 6.04 Å². The van der Waals surface area contributed by atoms with E-state index >= 15 is 0 Å². The summed E-state index contributed by atoms with van der Waals surface area (Å²) in [5.74, 6) is 0.797. The maximum Gasteiger partial charge on any atom is 0.317 e. The van der Waals surface area contributed by atoms with E-state index in [0.717, 1.165) is 25.4 Å². The highest BCUT2D eigenvalue weighted by molar-refractivity contribution is 5.74. The zero-order valence-corrected chi connectivity index (χ0v) is 9.67. The molecule has 2 unspecified atom stereocenters. The van der Waals surface area contributed by atoms with E-state index in [1.807, 2.05) is 0 Å². The van der Waals surface area contributed by atoms with Crippen LogP contribution in [-0.4, -0.2) is 30.1 Å². The summed E-state index contributed by atoms with van der Waals surface area (Å²) in [5, 5.41) is 2.99. The Morgan fingerprint density at radius 3 is 2.93 bits per heavy atom. The lowest BCUT2D eigenvalue weighted by Gasteiger charge is -2.31. The molecule has 2 atom stereocenters. The molecular weight excluding hydrogens is 188 g/mol. The third-order valence-electron chi connectivity index (χ3n) is 3.80. The van der Waals surface area contributed by atoms with Gasteiger partial charge in [-0.1, -0.05) is 19.8 Å². The number of rotatable bonds is 2. The van der Waals surface area contributed by atoms with Crippen molar-refractivity contribution in [2.45, 2.75) is 51.5 Å². The van der Waals surface area contributed by atoms with Gasteiger partial charge in [-0.2, -0.15) is 0 Å². The summed E-state index contributed by atoms with van der Waals surface area (Å²) in [5.41, 5.74) is 0. The maximum atomic E-state index is 11.9. The number of carbonyl (C=O) groups excluding carboxylic acids is 1. The second-order valence-corrected chi connectivity index (χ2v) is 4.83. The van der Waals surface area contributed by atoms with Gasteiger partial charge in [-0.05, 0) is 31.6 Å². The normalized spacial score (nSPS) is 30.1. The van der Waals surface area contributed by atoms with E-state index in [2.05, 4.69) is 17.1 Å². The van der Waals surface area contributed by atoms with Gasteiger partial charge in [0.15, 0.2) is 0 Å². The molecule has 0 aromatic carbocycles. The maximum absolute atomic E-state index is 11.9. The summed E-state index contributed by atoms with van der Waals surface area (Å²) in [4.78, 5) is 14.0. The van der Waals surface area contributed by atoms with E-state index in [9.17, 15) is 4.79 Å². The number of urea groups is 1. The topological polar surface area (TPSA) is 32.3 Å². The van der Waals surface area contributed by atoms with Crippen LogP contribution in [0.1, 0.15) is 45.4 Å². The number of hydrogen-bond donors (Lipinski definition) is 1. The van der Waals surface area contributed by atoms with Gasteiger partial charge in [0.2, 0.25) is 0 Å². The van der Waals surface area contributed by atoms with Gasteiger partial charge in [0.05, 0.1) is 0 Å². The fraction of sp³-hybridized carbons (Fsp3) is 0.917. The van der Waals surface area contributed by atoms with Crippen LogP contribution in [0.3, 0.4) is 0 Å². The summed E-state index contributed by atoms with van der Waals surface area (Å²) >= 11 is 0. The molecule has 2 rings (SSSR count). The van der Waals surface area contributed by atoms with Gasteiger partial charge in [0.1, 0.15) is 0 Å². The second-order valence-electron chi connectivity index (χ2n) is 4.83. The fourth-order valence-electron chi connectivity index (χ4n) is 2.99. The first kappa shape index (κ1) is 10.8. The summed E-state index contributed by atoms with van der Waals surface area (Å²) in [7, 11) is 0.